The molecule has 0 unspecified atom stereocenters. The number of benzene rings is 2. The van der Waals surface area contributed by atoms with Crippen molar-refractivity contribution in [2.24, 2.45) is 0 Å². The highest BCUT2D eigenvalue weighted by Crippen LogP contribution is 2.45. The maximum atomic E-state index is 9.37. The first-order chi connectivity index (χ1) is 8.29. The number of fused-ring (bicyclic) bond motifs is 2. The van der Waals surface area contributed by atoms with Gasteiger partial charge in [-0.25, -0.2) is 0 Å². The minimum absolute atomic E-state index is 0.207. The molecule has 1 aliphatic rings. The van der Waals surface area contributed by atoms with Crippen molar-refractivity contribution in [3.8, 4) is 6.07 Å². The van der Waals surface area contributed by atoms with Crippen molar-refractivity contribution in [1.82, 2.24) is 0 Å². The van der Waals surface area contributed by atoms with Gasteiger partial charge in [0, 0.05) is 14.8 Å². The minimum atomic E-state index is -0.207. The van der Waals surface area contributed by atoms with Gasteiger partial charge in [0.15, 0.2) is 0 Å². The Hall–Kier alpha value is -1.43. The summed E-state index contributed by atoms with van der Waals surface area (Å²) in [6, 6.07) is 16.2. The molecule has 0 aromatic heterocycles. The molecular formula is C14H8ClNS. The van der Waals surface area contributed by atoms with E-state index in [1.54, 1.807) is 11.8 Å². The van der Waals surface area contributed by atoms with Crippen LogP contribution in [0.1, 0.15) is 17.0 Å². The second-order valence-electron chi connectivity index (χ2n) is 3.88. The van der Waals surface area contributed by atoms with Gasteiger partial charge in [0.1, 0.15) is 0 Å². The molecule has 2 aromatic carbocycles. The third kappa shape index (κ3) is 1.72. The summed E-state index contributed by atoms with van der Waals surface area (Å²) in [4.78, 5) is 2.29. The quantitative estimate of drug-likeness (QED) is 0.696. The van der Waals surface area contributed by atoms with Gasteiger partial charge in [0.25, 0.3) is 0 Å². The number of hydrogen-bond acceptors (Lipinski definition) is 2. The average Bonchev–Trinajstić information content (AvgIpc) is 2.36. The van der Waals surface area contributed by atoms with Crippen molar-refractivity contribution in [3.63, 3.8) is 0 Å². The maximum Gasteiger partial charge on any atom is 0.0985 e. The van der Waals surface area contributed by atoms with Crippen LogP contribution in [0.4, 0.5) is 0 Å². The lowest BCUT2D eigenvalue weighted by Gasteiger charge is -2.23. The zero-order chi connectivity index (χ0) is 11.8. The molecule has 82 valence electrons. The van der Waals surface area contributed by atoms with Gasteiger partial charge in [-0.1, -0.05) is 41.6 Å². The van der Waals surface area contributed by atoms with Gasteiger partial charge in [0.2, 0.25) is 0 Å². The minimum Gasteiger partial charge on any atom is -0.197 e. The van der Waals surface area contributed by atoms with Crippen molar-refractivity contribution >= 4 is 23.4 Å². The Morgan fingerprint density at radius 1 is 1.06 bits per heavy atom. The first kappa shape index (κ1) is 10.7. The van der Waals surface area contributed by atoms with Gasteiger partial charge in [0.05, 0.1) is 12.0 Å². The molecule has 1 nitrogen and oxygen atoms in total. The van der Waals surface area contributed by atoms with Crippen LogP contribution in [-0.4, -0.2) is 0 Å². The number of nitrogens with zero attached hydrogens (tertiary/aromatic N) is 1. The fraction of sp³-hybridized carbons (Fsp3) is 0.0714. The molecular weight excluding hydrogens is 250 g/mol. The molecule has 1 atom stereocenters. The van der Waals surface area contributed by atoms with Gasteiger partial charge in [-0.15, -0.1) is 0 Å². The fourth-order valence-corrected chi connectivity index (χ4v) is 3.37. The van der Waals surface area contributed by atoms with Crippen molar-refractivity contribution in [2.45, 2.75) is 15.7 Å². The molecule has 0 saturated carbocycles. The molecule has 0 aliphatic carbocycles. The van der Waals surface area contributed by atoms with Crippen LogP contribution >= 0.6 is 23.4 Å². The van der Waals surface area contributed by atoms with E-state index in [2.05, 4.69) is 12.1 Å². The Kier molecular flexibility index (Phi) is 2.58. The standard InChI is InChI=1S/C14H8ClNS/c15-9-5-6-14-11(7-9)12(8-16)10-3-1-2-4-13(10)17-14/h1-7,12H/t12-/m0/s1. The molecule has 17 heavy (non-hydrogen) atoms. The van der Waals surface area contributed by atoms with E-state index in [9.17, 15) is 5.26 Å². The van der Waals surface area contributed by atoms with Gasteiger partial charge in [-0.05, 0) is 35.4 Å². The average molecular weight is 258 g/mol. The topological polar surface area (TPSA) is 23.8 Å². The summed E-state index contributed by atoms with van der Waals surface area (Å²) in [6.45, 7) is 0. The molecule has 0 saturated heterocycles. The number of hydrogen-bond donors (Lipinski definition) is 0. The Morgan fingerprint density at radius 2 is 1.82 bits per heavy atom. The third-order valence-corrected chi connectivity index (χ3v) is 4.28. The SMILES string of the molecule is N#C[C@H]1c2ccccc2Sc2ccc(Cl)cc21. The van der Waals surface area contributed by atoms with E-state index >= 15 is 0 Å². The van der Waals surface area contributed by atoms with Crippen LogP contribution in [-0.2, 0) is 0 Å². The maximum absolute atomic E-state index is 9.37. The normalized spacial score (nSPS) is 16.8. The van der Waals surface area contributed by atoms with Crippen LogP contribution in [0.25, 0.3) is 0 Å². The van der Waals surface area contributed by atoms with E-state index in [0.29, 0.717) is 5.02 Å². The fourth-order valence-electron chi connectivity index (χ4n) is 2.07. The third-order valence-electron chi connectivity index (χ3n) is 2.86. The first-order valence-corrected chi connectivity index (χ1v) is 6.45. The molecule has 1 heterocycles. The number of halogens is 1. The Labute approximate surface area is 109 Å². The molecule has 0 amide bonds. The monoisotopic (exact) mass is 257 g/mol. The van der Waals surface area contributed by atoms with Gasteiger partial charge in [-0.3, -0.25) is 0 Å². The van der Waals surface area contributed by atoms with Crippen LogP contribution in [0.2, 0.25) is 5.02 Å². The zero-order valence-corrected chi connectivity index (χ0v) is 10.4. The summed E-state index contributed by atoms with van der Waals surface area (Å²) in [7, 11) is 0. The molecule has 3 heteroatoms. The molecule has 0 fully saturated rings. The molecule has 0 radical (unpaired) electrons. The van der Waals surface area contributed by atoms with E-state index in [4.69, 9.17) is 11.6 Å². The zero-order valence-electron chi connectivity index (χ0n) is 8.85. The Bertz CT molecular complexity index is 630. The summed E-state index contributed by atoms with van der Waals surface area (Å²) in [5, 5.41) is 10.1. The lowest BCUT2D eigenvalue weighted by Crippen LogP contribution is -2.06. The molecule has 0 N–H and O–H groups in total. The van der Waals surface area contributed by atoms with Crippen LogP contribution in [0.5, 0.6) is 0 Å². The molecule has 0 spiro atoms. The lowest BCUT2D eigenvalue weighted by atomic mass is 9.92. The van der Waals surface area contributed by atoms with E-state index in [-0.39, 0.29) is 5.92 Å². The summed E-state index contributed by atoms with van der Waals surface area (Å²) < 4.78 is 0. The summed E-state index contributed by atoms with van der Waals surface area (Å²) in [6.07, 6.45) is 0. The largest absolute Gasteiger partial charge is 0.197 e. The van der Waals surface area contributed by atoms with E-state index in [1.807, 2.05) is 36.4 Å². The van der Waals surface area contributed by atoms with E-state index in [1.165, 1.54) is 0 Å². The molecule has 3 rings (SSSR count). The van der Waals surface area contributed by atoms with Crippen molar-refractivity contribution in [3.05, 3.63) is 58.6 Å². The molecule has 1 aliphatic heterocycles. The first-order valence-electron chi connectivity index (χ1n) is 5.25. The molecule has 2 aromatic rings. The van der Waals surface area contributed by atoms with E-state index < -0.39 is 0 Å². The number of nitriles is 1. The van der Waals surface area contributed by atoms with Crippen molar-refractivity contribution in [2.75, 3.05) is 0 Å². The van der Waals surface area contributed by atoms with Crippen LogP contribution < -0.4 is 0 Å². The second kappa shape index (κ2) is 4.10. The van der Waals surface area contributed by atoms with Crippen molar-refractivity contribution in [1.29, 1.82) is 5.26 Å². The number of rotatable bonds is 0. The van der Waals surface area contributed by atoms with Gasteiger partial charge in [-0.2, -0.15) is 5.26 Å². The Balaban J connectivity index is 2.23. The van der Waals surface area contributed by atoms with E-state index in [0.717, 1.165) is 20.9 Å². The highest BCUT2D eigenvalue weighted by Gasteiger charge is 2.25. The highest BCUT2D eigenvalue weighted by atomic mass is 35.5. The highest BCUT2D eigenvalue weighted by molar-refractivity contribution is 7.99. The van der Waals surface area contributed by atoms with Crippen molar-refractivity contribution < 1.29 is 0 Å². The second-order valence-corrected chi connectivity index (χ2v) is 5.40. The summed E-state index contributed by atoms with van der Waals surface area (Å²) in [5.74, 6) is -0.207. The van der Waals surface area contributed by atoms with Gasteiger partial charge < -0.3 is 0 Å². The van der Waals surface area contributed by atoms with Gasteiger partial charge >= 0.3 is 0 Å². The molecule has 0 bridgehead atoms. The van der Waals surface area contributed by atoms with Crippen LogP contribution in [0.15, 0.2) is 52.3 Å². The summed E-state index contributed by atoms with van der Waals surface area (Å²) >= 11 is 7.71. The predicted octanol–water partition coefficient (Wildman–Crippen LogP) is 4.46. The summed E-state index contributed by atoms with van der Waals surface area (Å²) in [5.41, 5.74) is 2.10. The Morgan fingerprint density at radius 3 is 2.65 bits per heavy atom. The smallest absolute Gasteiger partial charge is 0.0985 e. The predicted molar refractivity (Wildman–Crippen MR) is 69.5 cm³/mol. The lowest BCUT2D eigenvalue weighted by molar-refractivity contribution is 0.948. The van der Waals surface area contributed by atoms with Crippen LogP contribution in [0.3, 0.4) is 0 Å². The van der Waals surface area contributed by atoms with Crippen LogP contribution in [0, 0.1) is 11.3 Å².